The van der Waals surface area contributed by atoms with Gasteiger partial charge in [0.25, 0.3) is 5.91 Å². The predicted octanol–water partition coefficient (Wildman–Crippen LogP) is 1.49. The first-order valence-electron chi connectivity index (χ1n) is 8.56. The van der Waals surface area contributed by atoms with Crippen LogP contribution < -0.4 is 0 Å². The molecule has 1 atom stereocenters. The van der Waals surface area contributed by atoms with Crippen molar-refractivity contribution in [2.45, 2.75) is 33.2 Å². The van der Waals surface area contributed by atoms with Crippen LogP contribution in [0.15, 0.2) is 24.8 Å². The largest absolute Gasteiger partial charge is 0.338 e. The maximum atomic E-state index is 13.0. The summed E-state index contributed by atoms with van der Waals surface area (Å²) in [4.78, 5) is 23.3. The van der Waals surface area contributed by atoms with Crippen LogP contribution in [0.3, 0.4) is 0 Å². The third-order valence-corrected chi connectivity index (χ3v) is 4.76. The van der Waals surface area contributed by atoms with E-state index in [0.29, 0.717) is 11.5 Å². The van der Waals surface area contributed by atoms with Gasteiger partial charge in [-0.15, -0.1) is 0 Å². The van der Waals surface area contributed by atoms with Gasteiger partial charge in [0.2, 0.25) is 0 Å². The minimum Gasteiger partial charge on any atom is -0.338 e. The van der Waals surface area contributed by atoms with Crippen LogP contribution in [-0.2, 0) is 6.54 Å². The van der Waals surface area contributed by atoms with E-state index in [0.717, 1.165) is 49.6 Å². The Morgan fingerprint density at radius 2 is 2.20 bits per heavy atom. The molecule has 1 amide bonds. The number of carbonyl (C=O) groups excluding carboxylic acids is 1. The molecule has 4 heterocycles. The molecule has 3 aromatic heterocycles. The Hall–Kier alpha value is -2.77. The molecule has 130 valence electrons. The van der Waals surface area contributed by atoms with Crippen LogP contribution >= 0.6 is 0 Å². The Kier molecular flexibility index (Phi) is 3.95. The average molecular weight is 339 g/mol. The molecule has 1 unspecified atom stereocenters. The number of carbonyl (C=O) groups is 1. The highest BCUT2D eigenvalue weighted by molar-refractivity contribution is 6.00. The van der Waals surface area contributed by atoms with Crippen molar-refractivity contribution in [3.05, 3.63) is 42.0 Å². The molecule has 0 aliphatic carbocycles. The molecule has 8 heteroatoms. The summed E-state index contributed by atoms with van der Waals surface area (Å²) in [6.45, 7) is 6.18. The molecule has 0 aromatic carbocycles. The predicted molar refractivity (Wildman–Crippen MR) is 91.1 cm³/mol. The summed E-state index contributed by atoms with van der Waals surface area (Å²) in [5.41, 5.74) is 1.36. The number of aromatic nitrogens is 6. The van der Waals surface area contributed by atoms with Crippen LogP contribution in [-0.4, -0.2) is 53.3 Å². The molecule has 1 saturated heterocycles. The van der Waals surface area contributed by atoms with Crippen molar-refractivity contribution >= 4 is 11.4 Å². The zero-order chi connectivity index (χ0) is 17.4. The molecule has 0 saturated carbocycles. The Labute approximate surface area is 145 Å². The smallest absolute Gasteiger partial charge is 0.257 e. The number of rotatable bonds is 3. The monoisotopic (exact) mass is 339 g/mol. The van der Waals surface area contributed by atoms with Crippen LogP contribution in [0.25, 0.3) is 5.52 Å². The lowest BCUT2D eigenvalue weighted by atomic mass is 9.97. The maximum absolute atomic E-state index is 13.0. The maximum Gasteiger partial charge on any atom is 0.257 e. The van der Waals surface area contributed by atoms with Gasteiger partial charge in [-0.25, -0.2) is 14.2 Å². The van der Waals surface area contributed by atoms with Gasteiger partial charge in [-0.1, -0.05) is 0 Å². The summed E-state index contributed by atoms with van der Waals surface area (Å²) < 4.78 is 3.64. The van der Waals surface area contributed by atoms with Gasteiger partial charge in [-0.3, -0.25) is 9.78 Å². The second-order valence-electron chi connectivity index (χ2n) is 6.61. The van der Waals surface area contributed by atoms with Gasteiger partial charge < -0.3 is 4.90 Å². The molecular formula is C17H21N7O. The summed E-state index contributed by atoms with van der Waals surface area (Å²) in [5.74, 6) is 2.13. The number of nitrogens with zero attached hydrogens (tertiary/aromatic N) is 7. The summed E-state index contributed by atoms with van der Waals surface area (Å²) >= 11 is 0. The minimum atomic E-state index is 0.0270. The van der Waals surface area contributed by atoms with Crippen LogP contribution in [0.1, 0.15) is 34.8 Å². The summed E-state index contributed by atoms with van der Waals surface area (Å²) in [5, 5.41) is 8.69. The first-order chi connectivity index (χ1) is 12.1. The topological polar surface area (TPSA) is 81.2 Å². The van der Waals surface area contributed by atoms with Gasteiger partial charge in [0, 0.05) is 32.0 Å². The number of likely N-dealkylation sites (tertiary alicyclic amines) is 1. The third-order valence-electron chi connectivity index (χ3n) is 4.76. The van der Waals surface area contributed by atoms with Gasteiger partial charge >= 0.3 is 0 Å². The number of piperidine rings is 1. The van der Waals surface area contributed by atoms with E-state index in [-0.39, 0.29) is 5.91 Å². The second-order valence-corrected chi connectivity index (χ2v) is 6.61. The zero-order valence-electron chi connectivity index (χ0n) is 14.5. The fraction of sp³-hybridized carbons (Fsp3) is 0.471. The normalized spacial score (nSPS) is 18.0. The number of hydrogen-bond donors (Lipinski definition) is 0. The van der Waals surface area contributed by atoms with Crippen molar-refractivity contribution in [2.24, 2.45) is 5.92 Å². The lowest BCUT2D eigenvalue weighted by Gasteiger charge is -2.32. The van der Waals surface area contributed by atoms with E-state index in [1.165, 1.54) is 0 Å². The van der Waals surface area contributed by atoms with Gasteiger partial charge in [0.1, 0.15) is 11.6 Å². The molecule has 0 bridgehead atoms. The van der Waals surface area contributed by atoms with E-state index < -0.39 is 0 Å². The molecule has 3 aromatic rings. The molecule has 1 fully saturated rings. The fourth-order valence-corrected chi connectivity index (χ4v) is 3.55. The molecule has 8 nitrogen and oxygen atoms in total. The highest BCUT2D eigenvalue weighted by atomic mass is 16.2. The van der Waals surface area contributed by atoms with Gasteiger partial charge in [0.05, 0.1) is 23.5 Å². The number of aryl methyl sites for hydroxylation is 2. The van der Waals surface area contributed by atoms with E-state index in [4.69, 9.17) is 0 Å². The lowest BCUT2D eigenvalue weighted by molar-refractivity contribution is 0.0661. The van der Waals surface area contributed by atoms with Gasteiger partial charge in [0.15, 0.2) is 0 Å². The Morgan fingerprint density at radius 3 is 3.00 bits per heavy atom. The highest BCUT2D eigenvalue weighted by Gasteiger charge is 2.27. The molecule has 4 rings (SSSR count). The Morgan fingerprint density at radius 1 is 1.32 bits per heavy atom. The van der Waals surface area contributed by atoms with Crippen molar-refractivity contribution in [3.8, 4) is 0 Å². The van der Waals surface area contributed by atoms with Gasteiger partial charge in [-0.2, -0.15) is 10.2 Å². The molecular weight excluding hydrogens is 318 g/mol. The second kappa shape index (κ2) is 6.27. The van der Waals surface area contributed by atoms with Crippen molar-refractivity contribution in [1.29, 1.82) is 0 Å². The van der Waals surface area contributed by atoms with E-state index in [1.807, 2.05) is 23.4 Å². The van der Waals surface area contributed by atoms with E-state index in [9.17, 15) is 4.79 Å². The van der Waals surface area contributed by atoms with E-state index >= 15 is 0 Å². The number of fused-ring (bicyclic) bond motifs is 1. The lowest BCUT2D eigenvalue weighted by Crippen LogP contribution is -2.41. The summed E-state index contributed by atoms with van der Waals surface area (Å²) in [6.07, 6.45) is 8.82. The summed E-state index contributed by atoms with van der Waals surface area (Å²) in [7, 11) is 0. The third kappa shape index (κ3) is 2.99. The Balaban J connectivity index is 1.51. The average Bonchev–Trinajstić information content (AvgIpc) is 3.17. The number of amides is 1. The zero-order valence-corrected chi connectivity index (χ0v) is 14.5. The standard InChI is InChI=1S/C17H21N7O/c1-12-20-13(2)24(21-12)11-14-4-3-6-22(10-14)17(25)15-8-19-23-7-5-18-9-16(15)23/h5,7-9,14H,3-4,6,10-11H2,1-2H3. The first-order valence-corrected chi connectivity index (χ1v) is 8.56. The van der Waals surface area contributed by atoms with Crippen molar-refractivity contribution in [1.82, 2.24) is 34.3 Å². The van der Waals surface area contributed by atoms with E-state index in [1.54, 1.807) is 29.3 Å². The first kappa shape index (κ1) is 15.7. The van der Waals surface area contributed by atoms with Crippen LogP contribution in [0.4, 0.5) is 0 Å². The minimum absolute atomic E-state index is 0.0270. The van der Waals surface area contributed by atoms with E-state index in [2.05, 4.69) is 20.2 Å². The highest BCUT2D eigenvalue weighted by Crippen LogP contribution is 2.21. The van der Waals surface area contributed by atoms with Crippen molar-refractivity contribution in [2.75, 3.05) is 13.1 Å². The SMILES string of the molecule is Cc1nc(C)n(CC2CCCN(C(=O)c3cnn4ccncc34)C2)n1. The molecule has 25 heavy (non-hydrogen) atoms. The van der Waals surface area contributed by atoms with Crippen molar-refractivity contribution < 1.29 is 4.79 Å². The Bertz CT molecular complexity index is 913. The van der Waals surface area contributed by atoms with Crippen LogP contribution in [0.2, 0.25) is 0 Å². The van der Waals surface area contributed by atoms with Gasteiger partial charge in [-0.05, 0) is 32.6 Å². The fourth-order valence-electron chi connectivity index (χ4n) is 3.55. The molecule has 1 aliphatic heterocycles. The molecule has 0 N–H and O–H groups in total. The summed E-state index contributed by atoms with van der Waals surface area (Å²) in [6, 6.07) is 0. The quantitative estimate of drug-likeness (QED) is 0.722. The van der Waals surface area contributed by atoms with Crippen LogP contribution in [0, 0.1) is 19.8 Å². The number of hydrogen-bond acceptors (Lipinski definition) is 5. The molecule has 0 radical (unpaired) electrons. The van der Waals surface area contributed by atoms with Crippen molar-refractivity contribution in [3.63, 3.8) is 0 Å². The van der Waals surface area contributed by atoms with Crippen LogP contribution in [0.5, 0.6) is 0 Å². The molecule has 1 aliphatic rings. The molecule has 0 spiro atoms.